The summed E-state index contributed by atoms with van der Waals surface area (Å²) in [5.74, 6) is 2.52. The molecule has 4 aliphatic rings. The van der Waals surface area contributed by atoms with Crippen LogP contribution in [0.2, 0.25) is 0 Å². The molecule has 0 radical (unpaired) electrons. The van der Waals surface area contributed by atoms with Gasteiger partial charge in [0.05, 0.1) is 4.92 Å². The Kier molecular flexibility index (Phi) is 4.80. The van der Waals surface area contributed by atoms with Gasteiger partial charge in [0.2, 0.25) is 5.91 Å². The first kappa shape index (κ1) is 20.7. The van der Waals surface area contributed by atoms with Crippen molar-refractivity contribution in [3.05, 3.63) is 45.5 Å². The topological polar surface area (TPSA) is 63.5 Å². The van der Waals surface area contributed by atoms with Gasteiger partial charge in [0.1, 0.15) is 0 Å². The van der Waals surface area contributed by atoms with Crippen LogP contribution in [-0.2, 0) is 4.79 Å². The van der Waals surface area contributed by atoms with Crippen molar-refractivity contribution in [1.29, 1.82) is 0 Å². The Balaban J connectivity index is 1.41. The first-order chi connectivity index (χ1) is 14.7. The molecular weight excluding hydrogens is 388 g/mol. The van der Waals surface area contributed by atoms with Crippen molar-refractivity contribution in [2.75, 3.05) is 7.05 Å². The van der Waals surface area contributed by atoms with E-state index >= 15 is 0 Å². The number of likely N-dealkylation sites (tertiary alicyclic amines) is 1. The van der Waals surface area contributed by atoms with Crippen molar-refractivity contribution in [2.45, 2.75) is 71.3 Å². The third-order valence-electron chi connectivity index (χ3n) is 9.85. The second kappa shape index (κ2) is 7.18. The Labute approximate surface area is 185 Å². The molecule has 166 valence electrons. The molecule has 1 amide bonds. The van der Waals surface area contributed by atoms with Gasteiger partial charge in [-0.05, 0) is 91.2 Å². The molecule has 0 N–H and O–H groups in total. The highest BCUT2D eigenvalue weighted by Crippen LogP contribution is 2.66. The van der Waals surface area contributed by atoms with E-state index in [1.54, 1.807) is 12.1 Å². The maximum Gasteiger partial charge on any atom is 0.269 e. The molecular formula is C26H34N2O3. The summed E-state index contributed by atoms with van der Waals surface area (Å²) in [5, 5.41) is 11.0. The van der Waals surface area contributed by atoms with Crippen LogP contribution in [0, 0.1) is 38.7 Å². The number of rotatable bonds is 2. The number of amides is 1. The van der Waals surface area contributed by atoms with Crippen molar-refractivity contribution in [1.82, 2.24) is 4.90 Å². The zero-order valence-electron chi connectivity index (χ0n) is 19.0. The van der Waals surface area contributed by atoms with E-state index in [0.717, 1.165) is 42.6 Å². The summed E-state index contributed by atoms with van der Waals surface area (Å²) < 4.78 is 0. The van der Waals surface area contributed by atoms with Gasteiger partial charge in [0.15, 0.2) is 0 Å². The number of nitro groups is 1. The van der Waals surface area contributed by atoms with Gasteiger partial charge in [0, 0.05) is 31.6 Å². The molecule has 0 spiro atoms. The second-order valence-corrected chi connectivity index (χ2v) is 11.0. The van der Waals surface area contributed by atoms with Crippen molar-refractivity contribution < 1.29 is 9.72 Å². The van der Waals surface area contributed by atoms with E-state index in [9.17, 15) is 14.9 Å². The molecule has 0 unspecified atom stereocenters. The van der Waals surface area contributed by atoms with Crippen molar-refractivity contribution in [2.24, 2.45) is 28.6 Å². The average molecular weight is 423 g/mol. The van der Waals surface area contributed by atoms with Crippen LogP contribution in [0.25, 0.3) is 6.08 Å². The Morgan fingerprint density at radius 1 is 1.03 bits per heavy atom. The number of nitro benzene ring substituents is 1. The smallest absolute Gasteiger partial charge is 0.269 e. The monoisotopic (exact) mass is 422 g/mol. The van der Waals surface area contributed by atoms with Gasteiger partial charge < -0.3 is 4.90 Å². The van der Waals surface area contributed by atoms with Crippen LogP contribution in [0.1, 0.15) is 70.8 Å². The van der Waals surface area contributed by atoms with Gasteiger partial charge in [-0.25, -0.2) is 0 Å². The number of piperidine rings is 1. The molecule has 1 aromatic carbocycles. The molecule has 3 aliphatic carbocycles. The molecule has 0 aromatic heterocycles. The molecule has 4 fully saturated rings. The van der Waals surface area contributed by atoms with Crippen LogP contribution in [0.5, 0.6) is 0 Å². The number of benzene rings is 1. The zero-order chi connectivity index (χ0) is 22.0. The summed E-state index contributed by atoms with van der Waals surface area (Å²) in [5.41, 5.74) is 3.26. The third kappa shape index (κ3) is 3.07. The fraction of sp³-hybridized carbons (Fsp3) is 0.654. The maximum absolute atomic E-state index is 12.3. The van der Waals surface area contributed by atoms with Crippen molar-refractivity contribution in [3.63, 3.8) is 0 Å². The van der Waals surface area contributed by atoms with Crippen LogP contribution in [0.3, 0.4) is 0 Å². The molecule has 0 bridgehead atoms. The lowest BCUT2D eigenvalue weighted by molar-refractivity contribution is -0.384. The van der Waals surface area contributed by atoms with Gasteiger partial charge in [-0.3, -0.25) is 14.9 Å². The largest absolute Gasteiger partial charge is 0.342 e. The fourth-order valence-electron chi connectivity index (χ4n) is 8.13. The number of nitrogens with zero attached hydrogens (tertiary/aromatic N) is 2. The van der Waals surface area contributed by atoms with Gasteiger partial charge in [-0.1, -0.05) is 25.5 Å². The minimum absolute atomic E-state index is 0.152. The summed E-state index contributed by atoms with van der Waals surface area (Å²) in [7, 11) is 2.03. The number of carbonyl (C=O) groups is 1. The van der Waals surface area contributed by atoms with E-state index in [2.05, 4.69) is 24.8 Å². The molecule has 1 heterocycles. The minimum Gasteiger partial charge on any atom is -0.342 e. The number of hydrogen-bond donors (Lipinski definition) is 0. The summed E-state index contributed by atoms with van der Waals surface area (Å²) in [6, 6.07) is 7.40. The Bertz CT molecular complexity index is 938. The summed E-state index contributed by atoms with van der Waals surface area (Å²) in [6.45, 7) is 4.95. The van der Waals surface area contributed by atoms with Crippen molar-refractivity contribution >= 4 is 17.7 Å². The summed E-state index contributed by atoms with van der Waals surface area (Å²) in [4.78, 5) is 25.0. The first-order valence-corrected chi connectivity index (χ1v) is 12.0. The highest BCUT2D eigenvalue weighted by Gasteiger charge is 2.60. The zero-order valence-corrected chi connectivity index (χ0v) is 19.0. The fourth-order valence-corrected chi connectivity index (χ4v) is 8.13. The molecule has 1 aliphatic heterocycles. The van der Waals surface area contributed by atoms with Crippen LogP contribution in [-0.4, -0.2) is 28.8 Å². The van der Waals surface area contributed by atoms with Gasteiger partial charge >= 0.3 is 0 Å². The Hall–Kier alpha value is -2.17. The van der Waals surface area contributed by atoms with Gasteiger partial charge in [-0.15, -0.1) is 0 Å². The first-order valence-electron chi connectivity index (χ1n) is 12.0. The predicted octanol–water partition coefficient (Wildman–Crippen LogP) is 5.84. The Morgan fingerprint density at radius 3 is 2.48 bits per heavy atom. The average Bonchev–Trinajstić information content (AvgIpc) is 3.08. The lowest BCUT2D eigenvalue weighted by atomic mass is 9.47. The highest BCUT2D eigenvalue weighted by molar-refractivity contribution is 5.77. The van der Waals surface area contributed by atoms with Crippen LogP contribution in [0.15, 0.2) is 29.8 Å². The van der Waals surface area contributed by atoms with Crippen molar-refractivity contribution in [3.8, 4) is 0 Å². The summed E-state index contributed by atoms with van der Waals surface area (Å²) in [6.07, 6.45) is 11.3. The quantitative estimate of drug-likeness (QED) is 0.444. The maximum atomic E-state index is 12.3. The minimum atomic E-state index is -0.335. The predicted molar refractivity (Wildman–Crippen MR) is 121 cm³/mol. The molecule has 31 heavy (non-hydrogen) atoms. The van der Waals surface area contributed by atoms with E-state index < -0.39 is 0 Å². The molecule has 3 saturated carbocycles. The standard InChI is InChI=1S/C26H34N2O3/c1-25-14-12-22-20(9-11-23-26(22,2)15-13-24(29)27(23)3)21(25)10-6-18(25)16-17-4-7-19(8-5-17)28(30)31/h4-5,7-8,16,20-23H,6,9-15H2,1-3H3/b18-16-/t20-,21-,22-,23+,25+,26+/m0/s1. The Morgan fingerprint density at radius 2 is 1.77 bits per heavy atom. The molecule has 5 nitrogen and oxygen atoms in total. The number of allylic oxidation sites excluding steroid dienone is 1. The van der Waals surface area contributed by atoms with Crippen LogP contribution >= 0.6 is 0 Å². The lowest BCUT2D eigenvalue weighted by Gasteiger charge is -2.61. The lowest BCUT2D eigenvalue weighted by Crippen LogP contribution is -2.61. The SMILES string of the molecule is CN1C(=O)CC[C@]2(C)[C@H]3CC[C@]4(C)/C(=C\c5ccc([N+](=O)[O-])cc5)CC[C@H]4[C@@H]3CC[C@@H]12. The molecule has 6 atom stereocenters. The van der Waals surface area contributed by atoms with E-state index in [4.69, 9.17) is 0 Å². The molecule has 5 rings (SSSR count). The van der Waals surface area contributed by atoms with E-state index in [1.165, 1.54) is 31.3 Å². The van der Waals surface area contributed by atoms with Gasteiger partial charge in [-0.2, -0.15) is 0 Å². The number of hydrogen-bond acceptors (Lipinski definition) is 3. The van der Waals surface area contributed by atoms with E-state index in [0.29, 0.717) is 18.4 Å². The van der Waals surface area contributed by atoms with Crippen LogP contribution in [0.4, 0.5) is 5.69 Å². The number of non-ortho nitro benzene ring substituents is 1. The summed E-state index contributed by atoms with van der Waals surface area (Å²) >= 11 is 0. The third-order valence-corrected chi connectivity index (χ3v) is 9.85. The van der Waals surface area contributed by atoms with E-state index in [-0.39, 0.29) is 21.4 Å². The normalized spacial score (nSPS) is 40.9. The number of carbonyl (C=O) groups excluding carboxylic acids is 1. The van der Waals surface area contributed by atoms with Gasteiger partial charge in [0.25, 0.3) is 5.69 Å². The number of fused-ring (bicyclic) bond motifs is 5. The van der Waals surface area contributed by atoms with Crippen LogP contribution < -0.4 is 0 Å². The molecule has 1 aromatic rings. The molecule has 1 saturated heterocycles. The second-order valence-electron chi connectivity index (χ2n) is 11.0. The molecule has 5 heteroatoms. The van der Waals surface area contributed by atoms with E-state index in [1.807, 2.05) is 19.2 Å². The highest BCUT2D eigenvalue weighted by atomic mass is 16.6.